The Hall–Kier alpha value is -4.90. The molecule has 12 heteroatoms. The fraction of sp³-hybridized carbons (Fsp3) is 0.143. The molecule has 4 aromatic carbocycles. The molecule has 0 unspecified atom stereocenters. The Morgan fingerprint density at radius 1 is 0.915 bits per heavy atom. The number of hydrogen-bond acceptors (Lipinski definition) is 8. The number of ether oxygens (including phenoxy) is 2. The monoisotopic (exact) mass is 687 g/mol. The molecule has 1 aromatic heterocycles. The van der Waals surface area contributed by atoms with Gasteiger partial charge in [0.25, 0.3) is 11.8 Å². The van der Waals surface area contributed by atoms with Gasteiger partial charge in [-0.3, -0.25) is 9.59 Å². The van der Waals surface area contributed by atoms with Crippen LogP contribution in [-0.2, 0) is 4.79 Å². The van der Waals surface area contributed by atoms with Gasteiger partial charge in [-0.1, -0.05) is 59.1 Å². The molecule has 0 aliphatic rings. The van der Waals surface area contributed by atoms with Gasteiger partial charge in [-0.15, -0.1) is 11.3 Å². The zero-order valence-electron chi connectivity index (χ0n) is 25.8. The number of carbonyl (C=O) groups excluding carboxylic acids is 2. The van der Waals surface area contributed by atoms with Gasteiger partial charge >= 0.3 is 0 Å². The van der Waals surface area contributed by atoms with Crippen LogP contribution in [0, 0.1) is 13.8 Å². The van der Waals surface area contributed by atoms with Crippen LogP contribution in [0.25, 0.3) is 11.3 Å². The van der Waals surface area contributed by atoms with E-state index in [2.05, 4.69) is 26.1 Å². The molecule has 5 rings (SSSR count). The van der Waals surface area contributed by atoms with E-state index < -0.39 is 5.91 Å². The van der Waals surface area contributed by atoms with Crippen molar-refractivity contribution in [2.45, 2.75) is 20.8 Å². The smallest absolute Gasteiger partial charge is 0.271 e. The van der Waals surface area contributed by atoms with Gasteiger partial charge in [0.15, 0.2) is 23.2 Å². The maximum atomic E-state index is 12.8. The van der Waals surface area contributed by atoms with Gasteiger partial charge in [-0.25, -0.2) is 10.4 Å². The molecule has 0 aliphatic heterocycles. The first-order valence-electron chi connectivity index (χ1n) is 14.6. The minimum atomic E-state index is -0.392. The van der Waals surface area contributed by atoms with E-state index in [4.69, 9.17) is 32.7 Å². The molecule has 2 amide bonds. The molecule has 240 valence electrons. The highest BCUT2D eigenvalue weighted by Gasteiger charge is 2.15. The topological polar surface area (TPSA) is 114 Å². The second-order valence-corrected chi connectivity index (χ2v) is 12.0. The number of halogens is 2. The lowest BCUT2D eigenvalue weighted by Crippen LogP contribution is -2.20. The molecule has 0 atom stereocenters. The molecule has 1 heterocycles. The third-order valence-corrected chi connectivity index (χ3v) is 8.21. The Morgan fingerprint density at radius 2 is 1.66 bits per heavy atom. The number of thiazole rings is 1. The van der Waals surface area contributed by atoms with Crippen LogP contribution in [0.2, 0.25) is 10.0 Å². The van der Waals surface area contributed by atoms with Gasteiger partial charge in [0.05, 0.1) is 23.5 Å². The summed E-state index contributed by atoms with van der Waals surface area (Å²) in [5, 5.41) is 13.6. The van der Waals surface area contributed by atoms with Gasteiger partial charge < -0.3 is 20.1 Å². The van der Waals surface area contributed by atoms with Gasteiger partial charge in [-0.05, 0) is 80.4 Å². The van der Waals surface area contributed by atoms with Crippen LogP contribution in [0.15, 0.2) is 89.3 Å². The van der Waals surface area contributed by atoms with Gasteiger partial charge in [0, 0.05) is 32.9 Å². The lowest BCUT2D eigenvalue weighted by Gasteiger charge is -2.14. The first-order chi connectivity index (χ1) is 22.7. The highest BCUT2D eigenvalue weighted by Crippen LogP contribution is 2.36. The summed E-state index contributed by atoms with van der Waals surface area (Å²) in [7, 11) is 0. The number of nitrogens with one attached hydrogen (secondary N) is 3. The minimum absolute atomic E-state index is 0.213. The summed E-state index contributed by atoms with van der Waals surface area (Å²) in [6.07, 6.45) is 1.44. The van der Waals surface area contributed by atoms with Crippen molar-refractivity contribution in [2.24, 2.45) is 5.10 Å². The average molecular weight is 689 g/mol. The largest absolute Gasteiger partial charge is 0.490 e. The molecule has 0 aliphatic carbocycles. The molecule has 0 saturated heterocycles. The first kappa shape index (κ1) is 33.5. The molecule has 0 radical (unpaired) electrons. The van der Waals surface area contributed by atoms with E-state index in [1.54, 1.807) is 36.4 Å². The summed E-state index contributed by atoms with van der Waals surface area (Å²) >= 11 is 14.1. The number of benzene rings is 4. The Morgan fingerprint density at radius 3 is 2.38 bits per heavy atom. The second kappa shape index (κ2) is 15.6. The normalized spacial score (nSPS) is 10.9. The number of hydrogen-bond donors (Lipinski definition) is 3. The van der Waals surface area contributed by atoms with Crippen LogP contribution in [0.5, 0.6) is 11.5 Å². The lowest BCUT2D eigenvalue weighted by atomic mass is 10.1. The molecular weight excluding hydrogens is 657 g/mol. The van der Waals surface area contributed by atoms with Crippen molar-refractivity contribution in [3.63, 3.8) is 0 Å². The number of anilines is 3. The quantitative estimate of drug-likeness (QED) is 0.0893. The summed E-state index contributed by atoms with van der Waals surface area (Å²) in [6, 6.07) is 23.7. The Bertz CT molecular complexity index is 1910. The number of rotatable bonds is 12. The summed E-state index contributed by atoms with van der Waals surface area (Å²) in [4.78, 5) is 29.9. The molecule has 47 heavy (non-hydrogen) atoms. The highest BCUT2D eigenvalue weighted by molar-refractivity contribution is 7.14. The maximum Gasteiger partial charge on any atom is 0.271 e. The van der Waals surface area contributed by atoms with Crippen molar-refractivity contribution in [2.75, 3.05) is 23.8 Å². The summed E-state index contributed by atoms with van der Waals surface area (Å²) in [6.45, 7) is 5.76. The SMILES string of the molecule is CCOc1cc(/C=N/NC(=O)c2ccc(-c3csc(Nc4ccc(C)cc4)n3)cc2)cc(Cl)c1OCC(=O)Nc1ccc(C)c(Cl)c1. The number of aryl methyl sites for hydroxylation is 2. The lowest BCUT2D eigenvalue weighted by molar-refractivity contribution is -0.118. The number of hydrazone groups is 1. The molecule has 5 aromatic rings. The summed E-state index contributed by atoms with van der Waals surface area (Å²) in [5.41, 5.74) is 8.82. The third-order valence-electron chi connectivity index (χ3n) is 6.76. The Labute approximate surface area is 286 Å². The zero-order valence-corrected chi connectivity index (χ0v) is 28.1. The van der Waals surface area contributed by atoms with Gasteiger partial charge in [0.2, 0.25) is 0 Å². The Balaban J connectivity index is 1.17. The van der Waals surface area contributed by atoms with Crippen LogP contribution in [0.4, 0.5) is 16.5 Å². The van der Waals surface area contributed by atoms with Crippen LogP contribution in [0.1, 0.15) is 34.0 Å². The Kier molecular flexibility index (Phi) is 11.1. The van der Waals surface area contributed by atoms with E-state index in [9.17, 15) is 9.59 Å². The number of aromatic nitrogens is 1. The number of amides is 2. The fourth-order valence-corrected chi connectivity index (χ4v) is 5.51. The molecule has 0 bridgehead atoms. The van der Waals surface area contributed by atoms with Crippen molar-refractivity contribution < 1.29 is 19.1 Å². The molecular formula is C35H31Cl2N5O4S. The highest BCUT2D eigenvalue weighted by atomic mass is 35.5. The van der Waals surface area contributed by atoms with Crippen LogP contribution in [0.3, 0.4) is 0 Å². The van der Waals surface area contributed by atoms with E-state index in [0.717, 1.165) is 27.6 Å². The van der Waals surface area contributed by atoms with Crippen molar-refractivity contribution in [1.29, 1.82) is 0 Å². The van der Waals surface area contributed by atoms with E-state index in [-0.39, 0.29) is 23.3 Å². The molecule has 3 N–H and O–H groups in total. The molecule has 0 fully saturated rings. The van der Waals surface area contributed by atoms with Crippen molar-refractivity contribution >= 4 is 69.1 Å². The summed E-state index contributed by atoms with van der Waals surface area (Å²) in [5.74, 6) is -0.236. The van der Waals surface area contributed by atoms with E-state index in [1.165, 1.54) is 23.1 Å². The summed E-state index contributed by atoms with van der Waals surface area (Å²) < 4.78 is 11.4. The van der Waals surface area contributed by atoms with Crippen LogP contribution in [-0.4, -0.2) is 36.2 Å². The standard InChI is InChI=1S/C35H31Cl2N5O4S/c1-4-45-31-16-23(15-29(37)33(31)46-19-32(43)39-27-14-7-22(3)28(36)17-27)18-38-42-34(44)25-10-8-24(9-11-25)30-20-47-35(41-30)40-26-12-5-21(2)6-13-26/h5-18,20H,4,19H2,1-3H3,(H,39,43)(H,40,41)(H,42,44)/b38-18+. The van der Waals surface area contributed by atoms with E-state index >= 15 is 0 Å². The van der Waals surface area contributed by atoms with Gasteiger partial charge in [-0.2, -0.15) is 5.10 Å². The van der Waals surface area contributed by atoms with Crippen molar-refractivity contribution in [1.82, 2.24) is 10.4 Å². The predicted octanol–water partition coefficient (Wildman–Crippen LogP) is 8.66. The number of carbonyl (C=O) groups is 2. The molecule has 9 nitrogen and oxygen atoms in total. The van der Waals surface area contributed by atoms with Crippen LogP contribution >= 0.6 is 34.5 Å². The molecule has 0 spiro atoms. The maximum absolute atomic E-state index is 12.8. The van der Waals surface area contributed by atoms with Crippen molar-refractivity contribution in [3.8, 4) is 22.8 Å². The predicted molar refractivity (Wildman–Crippen MR) is 190 cm³/mol. The zero-order chi connectivity index (χ0) is 33.3. The van der Waals surface area contributed by atoms with Gasteiger partial charge in [0.1, 0.15) is 0 Å². The van der Waals surface area contributed by atoms with E-state index in [0.29, 0.717) is 34.2 Å². The number of nitrogens with zero attached hydrogens (tertiary/aromatic N) is 2. The average Bonchev–Trinajstić information content (AvgIpc) is 3.52. The van der Waals surface area contributed by atoms with Crippen molar-refractivity contribution in [3.05, 3.63) is 117 Å². The fourth-order valence-electron chi connectivity index (χ4n) is 4.32. The van der Waals surface area contributed by atoms with E-state index in [1.807, 2.05) is 68.6 Å². The molecule has 0 saturated carbocycles. The van der Waals surface area contributed by atoms with Crippen LogP contribution < -0.4 is 25.5 Å². The second-order valence-electron chi connectivity index (χ2n) is 10.4. The minimum Gasteiger partial charge on any atom is -0.490 e. The first-order valence-corrected chi connectivity index (χ1v) is 16.2. The third kappa shape index (κ3) is 9.10.